The third-order valence-electron chi connectivity index (χ3n) is 6.20. The first-order valence-corrected chi connectivity index (χ1v) is 12.2. The molecule has 0 spiro atoms. The third kappa shape index (κ3) is 4.14. The first kappa shape index (κ1) is 23.8. The predicted octanol–water partition coefficient (Wildman–Crippen LogP) is 6.24. The molecule has 5 nitrogen and oxygen atoms in total. The molecule has 0 bridgehead atoms. The minimum absolute atomic E-state index is 0.0661. The highest BCUT2D eigenvalue weighted by Crippen LogP contribution is 2.45. The van der Waals surface area contributed by atoms with Gasteiger partial charge in [0.15, 0.2) is 0 Å². The Morgan fingerprint density at radius 1 is 1.09 bits per heavy atom. The van der Waals surface area contributed by atoms with E-state index in [9.17, 15) is 14.7 Å². The molecule has 1 aliphatic heterocycles. The number of hydrogen-bond acceptors (Lipinski definition) is 5. The van der Waals surface area contributed by atoms with E-state index in [2.05, 4.69) is 27.7 Å². The second-order valence-electron chi connectivity index (χ2n) is 9.37. The van der Waals surface area contributed by atoms with Crippen LogP contribution in [0.5, 0.6) is 5.75 Å². The topological polar surface area (TPSA) is 66.8 Å². The number of benzene rings is 2. The Morgan fingerprint density at radius 3 is 2.35 bits per heavy atom. The Kier molecular flexibility index (Phi) is 6.36. The molecule has 0 radical (unpaired) electrons. The number of carbonyl (C=O) groups is 2. The average Bonchev–Trinajstić information content (AvgIpc) is 3.44. The number of amides is 1. The van der Waals surface area contributed by atoms with Crippen LogP contribution in [0, 0.1) is 0 Å². The Morgan fingerprint density at radius 2 is 1.79 bits per heavy atom. The molecule has 6 heteroatoms. The van der Waals surface area contributed by atoms with Crippen molar-refractivity contribution in [2.24, 2.45) is 0 Å². The van der Waals surface area contributed by atoms with Gasteiger partial charge in [-0.15, -0.1) is 11.3 Å². The van der Waals surface area contributed by atoms with Crippen molar-refractivity contribution in [2.75, 3.05) is 12.0 Å². The van der Waals surface area contributed by atoms with E-state index in [0.717, 1.165) is 22.4 Å². The normalized spacial score (nSPS) is 17.9. The smallest absolute Gasteiger partial charge is 0.300 e. The lowest BCUT2D eigenvalue weighted by molar-refractivity contribution is -0.132. The number of methoxy groups -OCH3 is 1. The molecule has 1 atom stereocenters. The number of Topliss-reactive ketones (excluding diaryl/α,β-unsaturated/α-hetero) is 1. The van der Waals surface area contributed by atoms with Crippen LogP contribution in [0.1, 0.15) is 55.3 Å². The van der Waals surface area contributed by atoms with E-state index in [1.54, 1.807) is 6.07 Å². The molecule has 0 aliphatic carbocycles. The van der Waals surface area contributed by atoms with Crippen molar-refractivity contribution < 1.29 is 19.4 Å². The number of carbonyl (C=O) groups excluding carboxylic acids is 2. The van der Waals surface area contributed by atoms with E-state index >= 15 is 0 Å². The molecule has 1 amide bonds. The number of aliphatic hydroxyl groups is 1. The lowest BCUT2D eigenvalue weighted by Crippen LogP contribution is -2.29. The summed E-state index contributed by atoms with van der Waals surface area (Å²) < 4.78 is 5.52. The summed E-state index contributed by atoms with van der Waals surface area (Å²) >= 11 is 1.44. The average molecular weight is 476 g/mol. The number of ketones is 1. The number of hydrogen-bond donors (Lipinski definition) is 1. The third-order valence-corrected chi connectivity index (χ3v) is 7.13. The van der Waals surface area contributed by atoms with Gasteiger partial charge in [-0.05, 0) is 58.7 Å². The maximum absolute atomic E-state index is 13.4. The lowest BCUT2D eigenvalue weighted by Gasteiger charge is -2.25. The van der Waals surface area contributed by atoms with Gasteiger partial charge < -0.3 is 9.84 Å². The van der Waals surface area contributed by atoms with Crippen LogP contribution >= 0.6 is 11.3 Å². The van der Waals surface area contributed by atoms with E-state index in [1.807, 2.05) is 53.9 Å². The number of aryl methyl sites for hydroxylation is 1. The minimum atomic E-state index is -0.726. The number of rotatable bonds is 5. The fraction of sp³-hybridized carbons (Fsp3) is 0.286. The summed E-state index contributed by atoms with van der Waals surface area (Å²) in [6.07, 6.45) is 0.872. The monoisotopic (exact) mass is 475 g/mol. The van der Waals surface area contributed by atoms with Crippen LogP contribution in [0.15, 0.2) is 65.6 Å². The van der Waals surface area contributed by atoms with Gasteiger partial charge in [-0.3, -0.25) is 14.5 Å². The molecule has 2 aromatic carbocycles. The summed E-state index contributed by atoms with van der Waals surface area (Å²) in [6.45, 7) is 8.28. The van der Waals surface area contributed by atoms with E-state index in [0.29, 0.717) is 17.0 Å². The second-order valence-corrected chi connectivity index (χ2v) is 10.3. The van der Waals surface area contributed by atoms with Gasteiger partial charge in [0.1, 0.15) is 17.6 Å². The van der Waals surface area contributed by atoms with Crippen molar-refractivity contribution >= 4 is 34.5 Å². The highest BCUT2D eigenvalue weighted by Gasteiger charge is 2.47. The Labute approximate surface area is 204 Å². The minimum Gasteiger partial charge on any atom is -0.507 e. The van der Waals surface area contributed by atoms with Gasteiger partial charge in [0, 0.05) is 10.6 Å². The van der Waals surface area contributed by atoms with E-state index in [4.69, 9.17) is 4.74 Å². The number of ether oxygens (including phenoxy) is 1. The van der Waals surface area contributed by atoms with Crippen molar-refractivity contribution in [1.29, 1.82) is 0 Å². The largest absolute Gasteiger partial charge is 0.507 e. The standard InChI is InChI=1S/C28H29NO4S/c1-6-17-9-12-19(13-10-17)29-24(22-8-7-15-34-22)23(26(31)27(29)32)25(30)20-16-18(28(2,3)4)11-14-21(20)33-5/h7-16,24,30H,6H2,1-5H3/b25-23+. The van der Waals surface area contributed by atoms with Gasteiger partial charge in [-0.1, -0.05) is 52.0 Å². The molecule has 1 fully saturated rings. The molecule has 1 aromatic heterocycles. The molecule has 0 saturated carbocycles. The zero-order chi connectivity index (χ0) is 24.6. The molecule has 2 heterocycles. The number of anilines is 1. The van der Waals surface area contributed by atoms with Crippen LogP contribution in [-0.2, 0) is 21.4 Å². The van der Waals surface area contributed by atoms with Gasteiger partial charge in [-0.25, -0.2) is 0 Å². The summed E-state index contributed by atoms with van der Waals surface area (Å²) in [5, 5.41) is 13.4. The van der Waals surface area contributed by atoms with Crippen molar-refractivity contribution in [2.45, 2.75) is 45.6 Å². The van der Waals surface area contributed by atoms with Crippen LogP contribution in [0.2, 0.25) is 0 Å². The lowest BCUT2D eigenvalue weighted by atomic mass is 9.85. The first-order valence-electron chi connectivity index (χ1n) is 11.3. The fourth-order valence-corrected chi connectivity index (χ4v) is 5.04. The maximum atomic E-state index is 13.4. The molecular weight excluding hydrogens is 446 g/mol. The van der Waals surface area contributed by atoms with Crippen molar-refractivity contribution in [3.8, 4) is 5.75 Å². The van der Waals surface area contributed by atoms with Crippen LogP contribution < -0.4 is 9.64 Å². The van der Waals surface area contributed by atoms with Crippen molar-refractivity contribution in [3.05, 3.63) is 87.1 Å². The summed E-state index contributed by atoms with van der Waals surface area (Å²) in [4.78, 5) is 28.9. The highest BCUT2D eigenvalue weighted by atomic mass is 32.1. The zero-order valence-corrected chi connectivity index (χ0v) is 20.9. The summed E-state index contributed by atoms with van der Waals surface area (Å²) in [5.74, 6) is -1.16. The molecule has 1 unspecified atom stereocenters. The molecule has 3 aromatic rings. The first-order chi connectivity index (χ1) is 16.2. The summed E-state index contributed by atoms with van der Waals surface area (Å²) in [6, 6.07) is 16.2. The zero-order valence-electron chi connectivity index (χ0n) is 20.1. The Bertz CT molecular complexity index is 1250. The number of nitrogens with zero attached hydrogens (tertiary/aromatic N) is 1. The molecule has 1 aliphatic rings. The number of aliphatic hydroxyl groups excluding tert-OH is 1. The Hall–Kier alpha value is -3.38. The fourth-order valence-electron chi connectivity index (χ4n) is 4.21. The van der Waals surface area contributed by atoms with Gasteiger partial charge in [0.25, 0.3) is 11.7 Å². The Balaban J connectivity index is 1.94. The van der Waals surface area contributed by atoms with Crippen LogP contribution in [0.4, 0.5) is 5.69 Å². The van der Waals surface area contributed by atoms with Crippen LogP contribution in [0.3, 0.4) is 0 Å². The molecule has 34 heavy (non-hydrogen) atoms. The molecule has 4 rings (SSSR count). The molecule has 176 valence electrons. The summed E-state index contributed by atoms with van der Waals surface area (Å²) in [7, 11) is 1.52. The van der Waals surface area contributed by atoms with Crippen molar-refractivity contribution in [1.82, 2.24) is 0 Å². The van der Waals surface area contributed by atoms with Crippen molar-refractivity contribution in [3.63, 3.8) is 0 Å². The van der Waals surface area contributed by atoms with Crippen LogP contribution in [0.25, 0.3) is 5.76 Å². The highest BCUT2D eigenvalue weighted by molar-refractivity contribution is 7.10. The van der Waals surface area contributed by atoms with Gasteiger partial charge in [-0.2, -0.15) is 0 Å². The maximum Gasteiger partial charge on any atom is 0.300 e. The van der Waals surface area contributed by atoms with E-state index in [1.165, 1.54) is 23.3 Å². The predicted molar refractivity (Wildman–Crippen MR) is 137 cm³/mol. The quantitative estimate of drug-likeness (QED) is 0.269. The van der Waals surface area contributed by atoms with Gasteiger partial charge in [0.05, 0.1) is 18.2 Å². The SMILES string of the molecule is CCc1ccc(N2C(=O)C(=O)/C(=C(/O)c3cc(C(C)(C)C)ccc3OC)C2c2cccs2)cc1. The van der Waals surface area contributed by atoms with Crippen LogP contribution in [-0.4, -0.2) is 23.9 Å². The van der Waals surface area contributed by atoms with Gasteiger partial charge >= 0.3 is 0 Å². The summed E-state index contributed by atoms with van der Waals surface area (Å²) in [5.41, 5.74) is 3.02. The second kappa shape index (κ2) is 9.11. The molecule has 1 saturated heterocycles. The number of thiophene rings is 1. The molecule has 1 N–H and O–H groups in total. The van der Waals surface area contributed by atoms with Gasteiger partial charge in [0.2, 0.25) is 0 Å². The van der Waals surface area contributed by atoms with E-state index in [-0.39, 0.29) is 16.7 Å². The van der Waals surface area contributed by atoms with E-state index < -0.39 is 17.7 Å². The molecular formula is C28H29NO4S.